The van der Waals surface area contributed by atoms with E-state index in [0.717, 1.165) is 62.6 Å². The molecular weight excluding hydrogens is 390 g/mol. The minimum absolute atomic E-state index is 0.119. The van der Waals surface area contributed by atoms with Gasteiger partial charge in [-0.15, -0.1) is 0 Å². The van der Waals surface area contributed by atoms with E-state index in [-0.39, 0.29) is 11.9 Å². The van der Waals surface area contributed by atoms with Crippen LogP contribution in [0.2, 0.25) is 0 Å². The fourth-order valence-corrected chi connectivity index (χ4v) is 4.60. The molecule has 3 N–H and O–H groups in total. The molecule has 0 bridgehead atoms. The number of nitrogens with one attached hydrogen (secondary N) is 3. The van der Waals surface area contributed by atoms with Crippen molar-refractivity contribution in [1.82, 2.24) is 5.32 Å². The van der Waals surface area contributed by atoms with E-state index in [1.54, 1.807) is 19.1 Å². The number of methoxy groups -OCH3 is 2. The number of piperazine rings is 1. The molecule has 0 aromatic heterocycles. The van der Waals surface area contributed by atoms with Crippen LogP contribution in [0.4, 0.5) is 0 Å². The number of hydrogen-bond acceptors (Lipinski definition) is 3. The monoisotopic (exact) mass is 425 g/mol. The second-order valence-electron chi connectivity index (χ2n) is 8.85. The molecular formula is C25H35N3O3+2. The van der Waals surface area contributed by atoms with Gasteiger partial charge in [-0.25, -0.2) is 0 Å². The van der Waals surface area contributed by atoms with Gasteiger partial charge >= 0.3 is 0 Å². The van der Waals surface area contributed by atoms with E-state index in [1.807, 2.05) is 18.2 Å². The molecule has 6 nitrogen and oxygen atoms in total. The van der Waals surface area contributed by atoms with Crippen LogP contribution in [0.1, 0.15) is 35.6 Å². The Kier molecular flexibility index (Phi) is 6.78. The standard InChI is InChI=1S/C25H33N3O3/c1-18-15-22(30-2)23(31-3)16-20(18)17-27-11-13-28(14-12-27)24(19-7-5-4-6-8-19)25(29)26-21-9-10-21/h4-8,15-16,21,24H,9-14,17H2,1-3H3,(H,26,29)/p+2/t24-/m1/s1. The smallest absolute Gasteiger partial charge is 0.283 e. The number of ether oxygens (including phenoxy) is 2. The van der Waals surface area contributed by atoms with Gasteiger partial charge in [-0.2, -0.15) is 0 Å². The number of hydrogen-bond donors (Lipinski definition) is 3. The summed E-state index contributed by atoms with van der Waals surface area (Å²) in [6.45, 7) is 7.15. The van der Waals surface area contributed by atoms with Crippen LogP contribution in [0.3, 0.4) is 0 Å². The average molecular weight is 426 g/mol. The third-order valence-corrected chi connectivity index (χ3v) is 6.61. The second-order valence-corrected chi connectivity index (χ2v) is 8.85. The van der Waals surface area contributed by atoms with Gasteiger partial charge in [0.05, 0.1) is 14.2 Å². The lowest BCUT2D eigenvalue weighted by atomic mass is 10.0. The van der Waals surface area contributed by atoms with E-state index in [2.05, 4.69) is 36.5 Å². The predicted octanol–water partition coefficient (Wildman–Crippen LogP) is 0.316. The first kappa shape index (κ1) is 21.7. The zero-order valence-corrected chi connectivity index (χ0v) is 18.9. The molecule has 0 unspecified atom stereocenters. The summed E-state index contributed by atoms with van der Waals surface area (Å²) in [5, 5.41) is 3.24. The van der Waals surface area contributed by atoms with Crippen LogP contribution in [0, 0.1) is 6.92 Å². The quantitative estimate of drug-likeness (QED) is 0.571. The Morgan fingerprint density at radius 1 is 1.03 bits per heavy atom. The molecule has 0 radical (unpaired) electrons. The van der Waals surface area contributed by atoms with E-state index in [0.29, 0.717) is 6.04 Å². The third-order valence-electron chi connectivity index (χ3n) is 6.61. The molecule has 1 amide bonds. The molecule has 0 spiro atoms. The highest BCUT2D eigenvalue weighted by molar-refractivity contribution is 5.82. The highest BCUT2D eigenvalue weighted by Crippen LogP contribution is 2.30. The first-order chi connectivity index (χ1) is 15.1. The number of amides is 1. The summed E-state index contributed by atoms with van der Waals surface area (Å²) in [6.07, 6.45) is 2.23. The van der Waals surface area contributed by atoms with Crippen LogP contribution in [-0.2, 0) is 11.3 Å². The van der Waals surface area contributed by atoms with Gasteiger partial charge in [0.1, 0.15) is 32.7 Å². The van der Waals surface area contributed by atoms with Crippen LogP contribution in [0.5, 0.6) is 11.5 Å². The maximum Gasteiger partial charge on any atom is 0.283 e. The van der Waals surface area contributed by atoms with Gasteiger partial charge in [0, 0.05) is 17.2 Å². The molecule has 1 aliphatic heterocycles. The minimum Gasteiger partial charge on any atom is -0.493 e. The van der Waals surface area contributed by atoms with E-state index in [1.165, 1.54) is 16.0 Å². The van der Waals surface area contributed by atoms with Crippen molar-refractivity contribution in [2.75, 3.05) is 40.4 Å². The van der Waals surface area contributed by atoms with Crippen molar-refractivity contribution in [3.63, 3.8) is 0 Å². The normalized spacial score (nSPS) is 21.9. The summed E-state index contributed by atoms with van der Waals surface area (Å²) < 4.78 is 10.9. The molecule has 1 heterocycles. The Hall–Kier alpha value is -2.57. The van der Waals surface area contributed by atoms with E-state index in [9.17, 15) is 4.79 Å². The van der Waals surface area contributed by atoms with Gasteiger partial charge in [0.2, 0.25) is 0 Å². The summed E-state index contributed by atoms with van der Waals surface area (Å²) in [5.74, 6) is 1.75. The molecule has 2 aromatic carbocycles. The molecule has 6 heteroatoms. The van der Waals surface area contributed by atoms with Gasteiger partial charge < -0.3 is 24.6 Å². The zero-order valence-electron chi connectivity index (χ0n) is 18.9. The van der Waals surface area contributed by atoms with Crippen LogP contribution >= 0.6 is 0 Å². The average Bonchev–Trinajstić information content (AvgIpc) is 3.61. The first-order valence-electron chi connectivity index (χ1n) is 11.3. The van der Waals surface area contributed by atoms with Crippen LogP contribution in [0.15, 0.2) is 42.5 Å². The molecule has 2 fully saturated rings. The Balaban J connectivity index is 1.42. The SMILES string of the molecule is COc1cc(C)c(C[NH+]2CC[NH+]([C@@H](C(=O)NC3CC3)c3ccccc3)CC2)cc1OC. The Morgan fingerprint density at radius 2 is 1.68 bits per heavy atom. The molecule has 1 saturated carbocycles. The van der Waals surface area contributed by atoms with Gasteiger partial charge in [0.25, 0.3) is 5.91 Å². The van der Waals surface area contributed by atoms with E-state index >= 15 is 0 Å². The molecule has 1 atom stereocenters. The maximum absolute atomic E-state index is 13.1. The summed E-state index contributed by atoms with van der Waals surface area (Å²) >= 11 is 0. The van der Waals surface area contributed by atoms with Crippen LogP contribution in [-0.4, -0.2) is 52.3 Å². The Bertz CT molecular complexity index is 890. The summed E-state index contributed by atoms with van der Waals surface area (Å²) in [5.41, 5.74) is 3.64. The predicted molar refractivity (Wildman–Crippen MR) is 120 cm³/mol. The lowest BCUT2D eigenvalue weighted by molar-refractivity contribution is -1.03. The summed E-state index contributed by atoms with van der Waals surface area (Å²) in [6, 6.07) is 14.7. The number of carbonyl (C=O) groups excluding carboxylic acids is 1. The number of quaternary nitrogens is 2. The van der Waals surface area contributed by atoms with Gasteiger partial charge in [-0.05, 0) is 37.5 Å². The fourth-order valence-electron chi connectivity index (χ4n) is 4.60. The third kappa shape index (κ3) is 5.20. The minimum atomic E-state index is -0.119. The van der Waals surface area contributed by atoms with E-state index < -0.39 is 0 Å². The molecule has 166 valence electrons. The van der Waals surface area contributed by atoms with Gasteiger partial charge in [-0.3, -0.25) is 4.79 Å². The van der Waals surface area contributed by atoms with Crippen molar-refractivity contribution in [2.45, 2.75) is 38.4 Å². The van der Waals surface area contributed by atoms with Crippen LogP contribution in [0.25, 0.3) is 0 Å². The molecule has 4 rings (SSSR count). The first-order valence-corrected chi connectivity index (χ1v) is 11.3. The van der Waals surface area contributed by atoms with Crippen molar-refractivity contribution in [3.05, 3.63) is 59.2 Å². The fraction of sp³-hybridized carbons (Fsp3) is 0.480. The lowest BCUT2D eigenvalue weighted by Gasteiger charge is -2.34. The van der Waals surface area contributed by atoms with Crippen molar-refractivity contribution >= 4 is 5.91 Å². The summed E-state index contributed by atoms with van der Waals surface area (Å²) in [7, 11) is 3.36. The highest BCUT2D eigenvalue weighted by Gasteiger charge is 2.37. The highest BCUT2D eigenvalue weighted by atomic mass is 16.5. The summed E-state index contributed by atoms with van der Waals surface area (Å²) in [4.78, 5) is 16.0. The molecule has 2 aliphatic rings. The molecule has 31 heavy (non-hydrogen) atoms. The number of benzene rings is 2. The van der Waals surface area contributed by atoms with Crippen molar-refractivity contribution in [1.29, 1.82) is 0 Å². The Morgan fingerprint density at radius 3 is 2.29 bits per heavy atom. The molecule has 2 aromatic rings. The van der Waals surface area contributed by atoms with Crippen molar-refractivity contribution < 1.29 is 24.1 Å². The molecule has 1 aliphatic carbocycles. The second kappa shape index (κ2) is 9.71. The number of rotatable bonds is 8. The lowest BCUT2D eigenvalue weighted by Crippen LogP contribution is -3.28. The zero-order chi connectivity index (χ0) is 21.8. The van der Waals surface area contributed by atoms with Crippen molar-refractivity contribution in [3.8, 4) is 11.5 Å². The topological polar surface area (TPSA) is 56.4 Å². The van der Waals surface area contributed by atoms with Gasteiger partial charge in [-0.1, -0.05) is 30.3 Å². The van der Waals surface area contributed by atoms with Crippen molar-refractivity contribution in [2.24, 2.45) is 0 Å². The largest absolute Gasteiger partial charge is 0.493 e. The Labute approximate surface area is 185 Å². The number of aryl methyl sites for hydroxylation is 1. The van der Waals surface area contributed by atoms with E-state index in [4.69, 9.17) is 9.47 Å². The maximum atomic E-state index is 13.1. The molecule has 1 saturated heterocycles. The van der Waals surface area contributed by atoms with Crippen LogP contribution < -0.4 is 24.6 Å². The van der Waals surface area contributed by atoms with Gasteiger partial charge in [0.15, 0.2) is 17.5 Å². The number of carbonyl (C=O) groups is 1.